The van der Waals surface area contributed by atoms with E-state index in [0.717, 1.165) is 11.2 Å². The largest absolute Gasteiger partial charge is 0.399 e. The highest BCUT2D eigenvalue weighted by atomic mass is 14.7. The first-order valence-electron chi connectivity index (χ1n) is 5.01. The quantitative estimate of drug-likeness (QED) is 0.532. The monoisotopic (exact) mass is 196 g/mol. The number of hydrogen-bond acceptors (Lipinski definition) is 1. The van der Waals surface area contributed by atoms with Gasteiger partial charge in [-0.05, 0) is 37.3 Å². The molecule has 1 heterocycles. The minimum absolute atomic E-state index is 0.810. The van der Waals surface area contributed by atoms with Crippen LogP contribution in [0, 0.1) is 6.92 Å². The molecule has 74 valence electrons. The summed E-state index contributed by atoms with van der Waals surface area (Å²) in [5.41, 5.74) is 10.2. The van der Waals surface area contributed by atoms with Gasteiger partial charge in [-0.2, -0.15) is 0 Å². The second-order valence-electron chi connectivity index (χ2n) is 3.98. The molecule has 0 fully saturated rings. The highest BCUT2D eigenvalue weighted by molar-refractivity contribution is 6.08. The lowest BCUT2D eigenvalue weighted by molar-refractivity contribution is 1.49. The van der Waals surface area contributed by atoms with E-state index in [9.17, 15) is 0 Å². The minimum Gasteiger partial charge on any atom is -0.399 e. The molecule has 15 heavy (non-hydrogen) atoms. The first-order chi connectivity index (χ1) is 7.24. The van der Waals surface area contributed by atoms with Crippen molar-refractivity contribution in [2.45, 2.75) is 6.92 Å². The second kappa shape index (κ2) is 2.76. The van der Waals surface area contributed by atoms with Crippen LogP contribution in [0.25, 0.3) is 21.8 Å². The Morgan fingerprint density at radius 2 is 1.60 bits per heavy atom. The average Bonchev–Trinajstić information content (AvgIpc) is 2.56. The normalized spacial score (nSPS) is 11.3. The summed E-state index contributed by atoms with van der Waals surface area (Å²) in [6.07, 6.45) is 0. The van der Waals surface area contributed by atoms with Crippen LogP contribution in [0.15, 0.2) is 36.4 Å². The van der Waals surface area contributed by atoms with E-state index in [1.165, 1.54) is 21.9 Å². The molecular weight excluding hydrogens is 184 g/mol. The van der Waals surface area contributed by atoms with E-state index < -0.39 is 0 Å². The number of benzene rings is 2. The number of H-pyrrole nitrogens is 1. The van der Waals surface area contributed by atoms with Crippen LogP contribution < -0.4 is 5.73 Å². The maximum absolute atomic E-state index is 5.80. The van der Waals surface area contributed by atoms with Gasteiger partial charge in [-0.15, -0.1) is 0 Å². The molecule has 2 nitrogen and oxygen atoms in total. The molecule has 0 bridgehead atoms. The van der Waals surface area contributed by atoms with Crippen molar-refractivity contribution >= 4 is 27.5 Å². The molecule has 0 saturated heterocycles. The van der Waals surface area contributed by atoms with E-state index in [4.69, 9.17) is 5.73 Å². The van der Waals surface area contributed by atoms with Crippen molar-refractivity contribution in [2.24, 2.45) is 0 Å². The van der Waals surface area contributed by atoms with Gasteiger partial charge in [0.15, 0.2) is 0 Å². The molecule has 0 amide bonds. The molecule has 3 rings (SSSR count). The highest BCUT2D eigenvalue weighted by Crippen LogP contribution is 2.27. The fourth-order valence-corrected chi connectivity index (χ4v) is 2.03. The number of rotatable bonds is 0. The van der Waals surface area contributed by atoms with Crippen molar-refractivity contribution in [3.8, 4) is 0 Å². The highest BCUT2D eigenvalue weighted by Gasteiger charge is 2.03. The Kier molecular flexibility index (Phi) is 1.54. The number of fused-ring (bicyclic) bond motifs is 3. The Balaban J connectivity index is 2.55. The fourth-order valence-electron chi connectivity index (χ4n) is 2.03. The van der Waals surface area contributed by atoms with Gasteiger partial charge >= 0.3 is 0 Å². The smallest absolute Gasteiger partial charge is 0.0466 e. The Morgan fingerprint density at radius 3 is 2.40 bits per heavy atom. The maximum Gasteiger partial charge on any atom is 0.0466 e. The van der Waals surface area contributed by atoms with Crippen LogP contribution in [-0.4, -0.2) is 4.98 Å². The van der Waals surface area contributed by atoms with Crippen molar-refractivity contribution in [1.82, 2.24) is 4.98 Å². The van der Waals surface area contributed by atoms with Crippen LogP contribution in [-0.2, 0) is 0 Å². The minimum atomic E-state index is 0.810. The summed E-state index contributed by atoms with van der Waals surface area (Å²) in [6, 6.07) is 12.4. The van der Waals surface area contributed by atoms with Gasteiger partial charge in [0.25, 0.3) is 0 Å². The molecule has 0 aliphatic carbocycles. The van der Waals surface area contributed by atoms with Crippen LogP contribution >= 0.6 is 0 Å². The van der Waals surface area contributed by atoms with Crippen LogP contribution in [0.4, 0.5) is 5.69 Å². The van der Waals surface area contributed by atoms with Crippen molar-refractivity contribution in [3.05, 3.63) is 42.0 Å². The molecule has 0 aliphatic heterocycles. The zero-order valence-electron chi connectivity index (χ0n) is 8.54. The lowest BCUT2D eigenvalue weighted by Crippen LogP contribution is -1.82. The topological polar surface area (TPSA) is 41.8 Å². The standard InChI is InChI=1S/C13H12N2/c1-8-2-4-12-10(6-8)11-7-9(14)3-5-13(11)15-12/h2-7,15H,14H2,1H3. The van der Waals surface area contributed by atoms with E-state index in [2.05, 4.69) is 30.1 Å². The van der Waals surface area contributed by atoms with Gasteiger partial charge in [0, 0.05) is 27.5 Å². The van der Waals surface area contributed by atoms with E-state index >= 15 is 0 Å². The van der Waals surface area contributed by atoms with Crippen molar-refractivity contribution in [2.75, 3.05) is 5.73 Å². The lowest BCUT2D eigenvalue weighted by atomic mass is 10.1. The summed E-state index contributed by atoms with van der Waals surface area (Å²) < 4.78 is 0. The summed E-state index contributed by atoms with van der Waals surface area (Å²) in [7, 11) is 0. The molecule has 2 aromatic carbocycles. The van der Waals surface area contributed by atoms with Crippen LogP contribution in [0.2, 0.25) is 0 Å². The number of nitrogens with two attached hydrogens (primary N) is 1. The SMILES string of the molecule is Cc1ccc2[nH]c3ccc(N)cc3c2c1. The van der Waals surface area contributed by atoms with E-state index in [1.807, 2.05) is 18.2 Å². The Hall–Kier alpha value is -1.96. The summed E-state index contributed by atoms with van der Waals surface area (Å²) >= 11 is 0. The van der Waals surface area contributed by atoms with Gasteiger partial charge in [0.05, 0.1) is 0 Å². The molecule has 0 spiro atoms. The van der Waals surface area contributed by atoms with Crippen molar-refractivity contribution < 1.29 is 0 Å². The number of anilines is 1. The number of nitrogens with one attached hydrogen (secondary N) is 1. The molecule has 2 heteroatoms. The van der Waals surface area contributed by atoms with Gasteiger partial charge in [-0.25, -0.2) is 0 Å². The number of aromatic nitrogens is 1. The maximum atomic E-state index is 5.80. The Labute approximate surface area is 87.7 Å². The third-order valence-electron chi connectivity index (χ3n) is 2.78. The van der Waals surface area contributed by atoms with Crippen molar-refractivity contribution in [3.63, 3.8) is 0 Å². The lowest BCUT2D eigenvalue weighted by Gasteiger charge is -1.94. The molecule has 0 saturated carbocycles. The molecule has 3 aromatic rings. The number of aryl methyl sites for hydroxylation is 1. The van der Waals surface area contributed by atoms with Gasteiger partial charge in [0.2, 0.25) is 0 Å². The van der Waals surface area contributed by atoms with Crippen molar-refractivity contribution in [1.29, 1.82) is 0 Å². The van der Waals surface area contributed by atoms with Gasteiger partial charge in [-0.3, -0.25) is 0 Å². The van der Waals surface area contributed by atoms with Crippen LogP contribution in [0.3, 0.4) is 0 Å². The molecule has 0 aliphatic rings. The predicted molar refractivity (Wildman–Crippen MR) is 65.0 cm³/mol. The molecule has 3 N–H and O–H groups in total. The number of hydrogen-bond donors (Lipinski definition) is 2. The summed E-state index contributed by atoms with van der Waals surface area (Å²) in [5, 5.41) is 2.45. The predicted octanol–water partition coefficient (Wildman–Crippen LogP) is 3.21. The second-order valence-corrected chi connectivity index (χ2v) is 3.98. The molecule has 0 unspecified atom stereocenters. The van der Waals surface area contributed by atoms with E-state index in [1.54, 1.807) is 0 Å². The molecule has 1 aromatic heterocycles. The summed E-state index contributed by atoms with van der Waals surface area (Å²) in [5.74, 6) is 0. The fraction of sp³-hybridized carbons (Fsp3) is 0.0769. The van der Waals surface area contributed by atoms with Gasteiger partial charge < -0.3 is 10.7 Å². The Bertz CT molecular complexity index is 594. The van der Waals surface area contributed by atoms with E-state index in [-0.39, 0.29) is 0 Å². The number of aromatic amines is 1. The Morgan fingerprint density at radius 1 is 0.933 bits per heavy atom. The number of nitrogen functional groups attached to an aromatic ring is 1. The zero-order chi connectivity index (χ0) is 10.4. The summed E-state index contributed by atoms with van der Waals surface area (Å²) in [4.78, 5) is 3.38. The van der Waals surface area contributed by atoms with Gasteiger partial charge in [-0.1, -0.05) is 11.6 Å². The van der Waals surface area contributed by atoms with E-state index in [0.29, 0.717) is 0 Å². The van der Waals surface area contributed by atoms with Crippen LogP contribution in [0.1, 0.15) is 5.56 Å². The van der Waals surface area contributed by atoms with Gasteiger partial charge in [0.1, 0.15) is 0 Å². The zero-order valence-corrected chi connectivity index (χ0v) is 8.54. The molecule has 0 atom stereocenters. The summed E-state index contributed by atoms with van der Waals surface area (Å²) in [6.45, 7) is 2.10. The third-order valence-corrected chi connectivity index (χ3v) is 2.78. The third kappa shape index (κ3) is 1.18. The average molecular weight is 196 g/mol. The first-order valence-corrected chi connectivity index (χ1v) is 5.01. The van der Waals surface area contributed by atoms with Crippen LogP contribution in [0.5, 0.6) is 0 Å². The molecular formula is C13H12N2. The first kappa shape index (κ1) is 8.36. The molecule has 0 radical (unpaired) electrons.